The summed E-state index contributed by atoms with van der Waals surface area (Å²) in [4.78, 5) is 21.0. The fourth-order valence-corrected chi connectivity index (χ4v) is 4.62. The van der Waals surface area contributed by atoms with Crippen LogP contribution in [-0.2, 0) is 11.1 Å². The molecule has 0 aliphatic carbocycles. The Morgan fingerprint density at radius 1 is 1.12 bits per heavy atom. The number of nitrogens with two attached hydrogens (primary N) is 1. The highest BCUT2D eigenvalue weighted by atomic mass is 19.4. The number of pyridine rings is 2. The molecule has 1 amide bonds. The maximum atomic E-state index is 14.5. The van der Waals surface area contributed by atoms with Crippen LogP contribution in [0.3, 0.4) is 0 Å². The van der Waals surface area contributed by atoms with Gasteiger partial charge in [-0.3, -0.25) is 9.78 Å². The molecule has 0 radical (unpaired) electrons. The van der Waals surface area contributed by atoms with Crippen LogP contribution in [0.2, 0.25) is 0 Å². The number of hydrogen-bond donors (Lipinski definition) is 3. The number of fused-ring (bicyclic) bond motifs is 2. The van der Waals surface area contributed by atoms with Gasteiger partial charge in [0, 0.05) is 28.3 Å². The van der Waals surface area contributed by atoms with Gasteiger partial charge in [0.1, 0.15) is 29.4 Å². The summed E-state index contributed by atoms with van der Waals surface area (Å²) in [6.45, 7) is -2.74. The predicted octanol–water partition coefficient (Wildman–Crippen LogP) is 4.73. The standard InChI is InChI=1S/C28H21F7N4O4/c1-42-19-10-16(9-15-3-2-8-37-21(15)19)24(40)38-12-26(41,28(33,34)35)20-11-18-23(43-13-25(18,36)27(30,31)32)22(39-20)14-4-6-17(29)7-5-14/h2-11,41H,12-13,36H2,1H3,(H,38,40)/t25-,26?/m1/s1. The maximum Gasteiger partial charge on any atom is 0.424 e. The van der Waals surface area contributed by atoms with Gasteiger partial charge in [-0.15, -0.1) is 0 Å². The molecule has 0 bridgehead atoms. The minimum absolute atomic E-state index is 0.114. The van der Waals surface area contributed by atoms with Gasteiger partial charge in [0.15, 0.2) is 11.3 Å². The van der Waals surface area contributed by atoms with Gasteiger partial charge in [0.25, 0.3) is 5.91 Å². The Morgan fingerprint density at radius 2 is 1.81 bits per heavy atom. The van der Waals surface area contributed by atoms with Gasteiger partial charge >= 0.3 is 12.4 Å². The van der Waals surface area contributed by atoms with Gasteiger partial charge in [0.05, 0.1) is 19.3 Å². The van der Waals surface area contributed by atoms with Crippen molar-refractivity contribution >= 4 is 16.8 Å². The molecule has 2 aromatic heterocycles. The number of carbonyl (C=O) groups excluding carboxylic acids is 1. The van der Waals surface area contributed by atoms with E-state index >= 15 is 0 Å². The van der Waals surface area contributed by atoms with E-state index in [1.54, 1.807) is 12.1 Å². The lowest BCUT2D eigenvalue weighted by atomic mass is 9.87. The largest absolute Gasteiger partial charge is 0.494 e. The van der Waals surface area contributed by atoms with Gasteiger partial charge in [0.2, 0.25) is 5.60 Å². The molecule has 4 N–H and O–H groups in total. The van der Waals surface area contributed by atoms with E-state index in [1.165, 1.54) is 25.4 Å². The van der Waals surface area contributed by atoms with Crippen molar-refractivity contribution in [2.24, 2.45) is 5.73 Å². The molecule has 15 heteroatoms. The van der Waals surface area contributed by atoms with Crippen LogP contribution >= 0.6 is 0 Å². The Morgan fingerprint density at radius 3 is 2.44 bits per heavy atom. The lowest BCUT2D eigenvalue weighted by Crippen LogP contribution is -2.53. The van der Waals surface area contributed by atoms with Crippen molar-refractivity contribution in [1.29, 1.82) is 0 Å². The molecule has 0 spiro atoms. The topological polar surface area (TPSA) is 120 Å². The number of carbonyl (C=O) groups is 1. The fraction of sp³-hybridized carbons (Fsp3) is 0.250. The van der Waals surface area contributed by atoms with Gasteiger partial charge in [-0.2, -0.15) is 26.3 Å². The SMILES string of the molecule is COc1cc(C(=O)NCC(O)(c2cc3c(c(-c4ccc(F)cc4)n2)OC[C@]3(N)C(F)(F)F)C(F)(F)F)cc2cccnc12. The number of aromatic nitrogens is 2. The third kappa shape index (κ3) is 5.07. The van der Waals surface area contributed by atoms with Crippen molar-refractivity contribution in [2.75, 3.05) is 20.3 Å². The van der Waals surface area contributed by atoms with Gasteiger partial charge in [-0.05, 0) is 48.5 Å². The Balaban J connectivity index is 1.60. The van der Waals surface area contributed by atoms with Crippen LogP contribution in [0, 0.1) is 5.82 Å². The summed E-state index contributed by atoms with van der Waals surface area (Å²) >= 11 is 0. The summed E-state index contributed by atoms with van der Waals surface area (Å²) in [5, 5.41) is 13.5. The number of halogens is 7. The van der Waals surface area contributed by atoms with Crippen LogP contribution in [0.4, 0.5) is 30.7 Å². The highest BCUT2D eigenvalue weighted by Crippen LogP contribution is 2.51. The van der Waals surface area contributed by atoms with Crippen molar-refractivity contribution in [3.8, 4) is 22.8 Å². The summed E-state index contributed by atoms with van der Waals surface area (Å²) < 4.78 is 110. The lowest BCUT2D eigenvalue weighted by Gasteiger charge is -2.32. The van der Waals surface area contributed by atoms with E-state index in [9.17, 15) is 40.6 Å². The zero-order valence-electron chi connectivity index (χ0n) is 22.0. The third-order valence-corrected chi connectivity index (χ3v) is 7.07. The zero-order valence-corrected chi connectivity index (χ0v) is 22.0. The van der Waals surface area contributed by atoms with Crippen LogP contribution in [0.25, 0.3) is 22.2 Å². The number of nitrogens with one attached hydrogen (secondary N) is 1. The van der Waals surface area contributed by atoms with E-state index < -0.39 is 71.1 Å². The summed E-state index contributed by atoms with van der Waals surface area (Å²) in [6, 6.07) is 10.00. The summed E-state index contributed by atoms with van der Waals surface area (Å²) in [6.07, 6.45) is -9.29. The number of hydrogen-bond acceptors (Lipinski definition) is 7. The average Bonchev–Trinajstić information content (AvgIpc) is 3.32. The molecule has 1 aliphatic heterocycles. The monoisotopic (exact) mass is 610 g/mol. The first-order valence-corrected chi connectivity index (χ1v) is 12.4. The van der Waals surface area contributed by atoms with Crippen molar-refractivity contribution < 1.29 is 50.1 Å². The number of benzene rings is 2. The molecule has 8 nitrogen and oxygen atoms in total. The van der Waals surface area contributed by atoms with Crippen LogP contribution in [0.5, 0.6) is 11.5 Å². The molecule has 226 valence electrons. The van der Waals surface area contributed by atoms with E-state index in [0.717, 1.165) is 24.3 Å². The predicted molar refractivity (Wildman–Crippen MR) is 138 cm³/mol. The number of ether oxygens (including phenoxy) is 2. The summed E-state index contributed by atoms with van der Waals surface area (Å²) in [7, 11) is 1.30. The first-order valence-electron chi connectivity index (χ1n) is 12.4. The van der Waals surface area contributed by atoms with Crippen molar-refractivity contribution in [3.05, 3.63) is 83.4 Å². The normalized spacial score (nSPS) is 18.1. The van der Waals surface area contributed by atoms with Crippen LogP contribution in [0.15, 0.2) is 60.8 Å². The van der Waals surface area contributed by atoms with Gasteiger partial charge < -0.3 is 25.6 Å². The molecule has 43 heavy (non-hydrogen) atoms. The summed E-state index contributed by atoms with van der Waals surface area (Å²) in [5.41, 5.74) is -4.32. The molecule has 2 aromatic carbocycles. The second-order valence-corrected chi connectivity index (χ2v) is 9.79. The molecule has 5 rings (SSSR count). The number of alkyl halides is 6. The number of nitrogens with zero attached hydrogens (tertiary/aromatic N) is 2. The second kappa shape index (κ2) is 10.3. The quantitative estimate of drug-likeness (QED) is 0.270. The second-order valence-electron chi connectivity index (χ2n) is 9.79. The van der Waals surface area contributed by atoms with Crippen molar-refractivity contribution in [1.82, 2.24) is 15.3 Å². The Bertz CT molecular complexity index is 1710. The van der Waals surface area contributed by atoms with Gasteiger partial charge in [-0.25, -0.2) is 9.37 Å². The number of aliphatic hydroxyl groups is 1. The molecule has 0 saturated carbocycles. The molecular weight excluding hydrogens is 589 g/mol. The van der Waals surface area contributed by atoms with Crippen LogP contribution in [0.1, 0.15) is 21.6 Å². The minimum atomic E-state index is -5.57. The Kier molecular flexibility index (Phi) is 7.21. The number of amides is 1. The molecule has 4 aromatic rings. The van der Waals surface area contributed by atoms with Crippen molar-refractivity contribution in [2.45, 2.75) is 23.5 Å². The first kappa shape index (κ1) is 30.0. The van der Waals surface area contributed by atoms with E-state index in [-0.39, 0.29) is 16.9 Å². The van der Waals surface area contributed by atoms with E-state index in [2.05, 4.69) is 9.97 Å². The van der Waals surface area contributed by atoms with Gasteiger partial charge in [-0.1, -0.05) is 6.07 Å². The fourth-order valence-electron chi connectivity index (χ4n) is 4.62. The molecule has 0 saturated heterocycles. The molecular formula is C28H21F7N4O4. The minimum Gasteiger partial charge on any atom is -0.494 e. The van der Waals surface area contributed by atoms with Crippen LogP contribution < -0.4 is 20.5 Å². The van der Waals surface area contributed by atoms with Crippen LogP contribution in [-0.4, -0.2) is 53.6 Å². The van der Waals surface area contributed by atoms with E-state index in [1.807, 2.05) is 5.32 Å². The number of rotatable bonds is 6. The highest BCUT2D eigenvalue weighted by Gasteiger charge is 2.61. The molecule has 1 unspecified atom stereocenters. The zero-order chi connectivity index (χ0) is 31.4. The first-order chi connectivity index (χ1) is 20.1. The summed E-state index contributed by atoms with van der Waals surface area (Å²) in [5.74, 6) is -2.25. The molecule has 3 heterocycles. The Labute approximate surface area is 238 Å². The van der Waals surface area contributed by atoms with Crippen molar-refractivity contribution in [3.63, 3.8) is 0 Å². The average molecular weight is 610 g/mol. The number of methoxy groups -OCH3 is 1. The van der Waals surface area contributed by atoms with E-state index in [4.69, 9.17) is 15.2 Å². The third-order valence-electron chi connectivity index (χ3n) is 7.07. The van der Waals surface area contributed by atoms with E-state index in [0.29, 0.717) is 17.0 Å². The Hall–Kier alpha value is -4.50. The molecule has 2 atom stereocenters. The smallest absolute Gasteiger partial charge is 0.424 e. The maximum absolute atomic E-state index is 14.5. The highest BCUT2D eigenvalue weighted by molar-refractivity contribution is 5.99. The molecule has 1 aliphatic rings. The molecule has 0 fully saturated rings. The lowest BCUT2D eigenvalue weighted by molar-refractivity contribution is -0.265.